The summed E-state index contributed by atoms with van der Waals surface area (Å²) in [7, 11) is 1.74. The smallest absolute Gasteiger partial charge is 0.274 e. The maximum atomic E-state index is 13.6. The summed E-state index contributed by atoms with van der Waals surface area (Å²) in [6.45, 7) is 3.70. The first-order valence-electron chi connectivity index (χ1n) is 11.7. The highest BCUT2D eigenvalue weighted by atomic mass is 19.2. The minimum atomic E-state index is -1.02. The summed E-state index contributed by atoms with van der Waals surface area (Å²) in [4.78, 5) is 29.8. The van der Waals surface area contributed by atoms with Crippen molar-refractivity contribution in [1.29, 1.82) is 5.26 Å². The van der Waals surface area contributed by atoms with Crippen LogP contribution in [0, 0.1) is 23.0 Å². The molecule has 0 aliphatic heterocycles. The van der Waals surface area contributed by atoms with Crippen LogP contribution in [0.2, 0.25) is 0 Å². The van der Waals surface area contributed by atoms with E-state index in [0.717, 1.165) is 23.0 Å². The molecule has 3 N–H and O–H groups in total. The Morgan fingerprint density at radius 2 is 1.89 bits per heavy atom. The number of nitrogens with one attached hydrogen (secondary N) is 3. The molecule has 2 heterocycles. The molecule has 0 bridgehead atoms. The van der Waals surface area contributed by atoms with E-state index in [4.69, 9.17) is 4.74 Å². The monoisotopic (exact) mass is 518 g/mol. The minimum absolute atomic E-state index is 0.0507. The maximum absolute atomic E-state index is 13.6. The lowest BCUT2D eigenvalue weighted by atomic mass is 10.1. The van der Waals surface area contributed by atoms with Gasteiger partial charge >= 0.3 is 0 Å². The Hall–Kier alpha value is -4.92. The second kappa shape index (κ2) is 11.4. The van der Waals surface area contributed by atoms with E-state index in [-0.39, 0.29) is 29.9 Å². The third-order valence-electron chi connectivity index (χ3n) is 5.56. The molecule has 2 aromatic heterocycles. The van der Waals surface area contributed by atoms with E-state index in [1.165, 1.54) is 12.3 Å². The van der Waals surface area contributed by atoms with Crippen LogP contribution in [-0.4, -0.2) is 45.5 Å². The molecule has 0 spiro atoms. The largest absolute Gasteiger partial charge is 0.489 e. The zero-order valence-electron chi connectivity index (χ0n) is 20.8. The van der Waals surface area contributed by atoms with Crippen LogP contribution in [0.1, 0.15) is 41.6 Å². The summed E-state index contributed by atoms with van der Waals surface area (Å²) in [6, 6.07) is 10.0. The third-order valence-corrected chi connectivity index (χ3v) is 5.56. The number of amides is 1. The Bertz CT molecular complexity index is 1530. The molecule has 194 valence electrons. The molecule has 0 aliphatic carbocycles. The van der Waals surface area contributed by atoms with Gasteiger partial charge in [-0.1, -0.05) is 6.07 Å². The van der Waals surface area contributed by atoms with Crippen LogP contribution in [0.15, 0.2) is 48.8 Å². The molecule has 1 unspecified atom stereocenters. The summed E-state index contributed by atoms with van der Waals surface area (Å²) in [5.74, 6) is -1.38. The average Bonchev–Trinajstić information content (AvgIpc) is 2.92. The predicted molar refractivity (Wildman–Crippen MR) is 137 cm³/mol. The lowest BCUT2D eigenvalue weighted by Gasteiger charge is -2.18. The summed E-state index contributed by atoms with van der Waals surface area (Å²) >= 11 is 0. The molecule has 0 radical (unpaired) electrons. The number of anilines is 2. The van der Waals surface area contributed by atoms with Crippen LogP contribution in [-0.2, 0) is 0 Å². The second-order valence-corrected chi connectivity index (χ2v) is 8.41. The van der Waals surface area contributed by atoms with Crippen molar-refractivity contribution in [2.24, 2.45) is 0 Å². The molecule has 0 aliphatic rings. The van der Waals surface area contributed by atoms with E-state index >= 15 is 0 Å². The first-order valence-corrected chi connectivity index (χ1v) is 11.7. The summed E-state index contributed by atoms with van der Waals surface area (Å²) < 4.78 is 32.9. The van der Waals surface area contributed by atoms with Gasteiger partial charge in [-0.2, -0.15) is 5.26 Å². The van der Waals surface area contributed by atoms with Gasteiger partial charge in [0.25, 0.3) is 5.91 Å². The lowest BCUT2D eigenvalue weighted by molar-refractivity contribution is 0.0935. The average molecular weight is 519 g/mol. The Morgan fingerprint density at radius 3 is 2.63 bits per heavy atom. The highest BCUT2D eigenvalue weighted by molar-refractivity contribution is 5.97. The van der Waals surface area contributed by atoms with Gasteiger partial charge in [0.2, 0.25) is 5.95 Å². The summed E-state index contributed by atoms with van der Waals surface area (Å²) in [6.07, 6.45) is 2.59. The van der Waals surface area contributed by atoms with Crippen molar-refractivity contribution < 1.29 is 18.3 Å². The molecule has 1 amide bonds. The third kappa shape index (κ3) is 6.07. The van der Waals surface area contributed by atoms with E-state index in [2.05, 4.69) is 35.9 Å². The number of ether oxygens (including phenoxy) is 1. The van der Waals surface area contributed by atoms with Crippen molar-refractivity contribution >= 4 is 28.6 Å². The number of fused-ring (bicyclic) bond motifs is 1. The van der Waals surface area contributed by atoms with Crippen LogP contribution >= 0.6 is 0 Å². The zero-order chi connectivity index (χ0) is 27.2. The summed E-state index contributed by atoms with van der Waals surface area (Å²) in [5.41, 5.74) is 0.962. The molecule has 4 aromatic rings. The highest BCUT2D eigenvalue weighted by Crippen LogP contribution is 2.22. The topological polar surface area (TPSA) is 138 Å². The quantitative estimate of drug-likeness (QED) is 0.300. The van der Waals surface area contributed by atoms with Gasteiger partial charge in [-0.05, 0) is 49.7 Å². The molecule has 2 aromatic carbocycles. The number of nitriles is 1. The minimum Gasteiger partial charge on any atom is -0.489 e. The van der Waals surface area contributed by atoms with Gasteiger partial charge in [-0.15, -0.1) is 0 Å². The standard InChI is InChI=1S/C26H24F2N8O2/c1-14(38-19-5-7-22-17(8-19)12-33-26(30-3)36-22)11-31-24-23(35-18(10-29)13-32-24)25(37)34-15(2)16-4-6-20(27)21(28)9-16/h4-9,12-15H,11H2,1-3H3,(H,31,32)(H,34,37)(H,30,33,36)/t14?,15-/m0/s1. The number of hydrogen-bond acceptors (Lipinski definition) is 9. The van der Waals surface area contributed by atoms with Crippen LogP contribution in [0.4, 0.5) is 20.5 Å². The van der Waals surface area contributed by atoms with Crippen molar-refractivity contribution in [2.75, 3.05) is 24.2 Å². The number of carbonyl (C=O) groups excluding carboxylic acids is 1. The first kappa shape index (κ1) is 26.2. The normalized spacial score (nSPS) is 12.3. The van der Waals surface area contributed by atoms with Crippen molar-refractivity contribution in [2.45, 2.75) is 26.0 Å². The molecule has 10 nitrogen and oxygen atoms in total. The Balaban J connectivity index is 1.44. The van der Waals surface area contributed by atoms with Crippen molar-refractivity contribution in [3.63, 3.8) is 0 Å². The highest BCUT2D eigenvalue weighted by Gasteiger charge is 2.20. The number of aromatic nitrogens is 4. The predicted octanol–water partition coefficient (Wildman–Crippen LogP) is 3.98. The SMILES string of the molecule is CNc1ncc2cc(OC(C)CNc3ncc(C#N)nc3C(=O)N[C@@H](C)c3ccc(F)c(F)c3)ccc2n1. The molecule has 12 heteroatoms. The number of benzene rings is 2. The lowest BCUT2D eigenvalue weighted by Crippen LogP contribution is -2.30. The van der Waals surface area contributed by atoms with Gasteiger partial charge in [0.1, 0.15) is 17.9 Å². The number of nitrogens with zero attached hydrogens (tertiary/aromatic N) is 5. The maximum Gasteiger partial charge on any atom is 0.274 e. The van der Waals surface area contributed by atoms with Gasteiger partial charge < -0.3 is 20.7 Å². The fourth-order valence-corrected chi connectivity index (χ4v) is 3.58. The van der Waals surface area contributed by atoms with E-state index in [9.17, 15) is 18.8 Å². The van der Waals surface area contributed by atoms with Gasteiger partial charge in [0.15, 0.2) is 28.8 Å². The molecule has 38 heavy (non-hydrogen) atoms. The Labute approximate surface area is 217 Å². The van der Waals surface area contributed by atoms with Crippen molar-refractivity contribution in [1.82, 2.24) is 25.3 Å². The molecular formula is C26H24F2N8O2. The van der Waals surface area contributed by atoms with Crippen molar-refractivity contribution in [3.05, 3.63) is 77.4 Å². The van der Waals surface area contributed by atoms with E-state index < -0.39 is 23.6 Å². The van der Waals surface area contributed by atoms with Crippen molar-refractivity contribution in [3.8, 4) is 11.8 Å². The van der Waals surface area contributed by atoms with Crippen LogP contribution in [0.5, 0.6) is 5.75 Å². The summed E-state index contributed by atoms with van der Waals surface area (Å²) in [5, 5.41) is 18.6. The van der Waals surface area contributed by atoms with Gasteiger partial charge in [-0.25, -0.2) is 28.7 Å². The zero-order valence-corrected chi connectivity index (χ0v) is 20.8. The molecule has 4 rings (SSSR count). The number of carbonyl (C=O) groups is 1. The first-order chi connectivity index (χ1) is 18.3. The van der Waals surface area contributed by atoms with Gasteiger partial charge in [0.05, 0.1) is 24.3 Å². The number of halogens is 2. The van der Waals surface area contributed by atoms with Crippen LogP contribution in [0.25, 0.3) is 10.9 Å². The molecule has 2 atom stereocenters. The van der Waals surface area contributed by atoms with Gasteiger partial charge in [0, 0.05) is 18.6 Å². The van der Waals surface area contributed by atoms with Gasteiger partial charge in [-0.3, -0.25) is 4.79 Å². The Kier molecular flexibility index (Phi) is 7.86. The van der Waals surface area contributed by atoms with Crippen LogP contribution in [0.3, 0.4) is 0 Å². The van der Waals surface area contributed by atoms with E-state index in [1.54, 1.807) is 26.2 Å². The molecule has 0 saturated heterocycles. The van der Waals surface area contributed by atoms with E-state index in [0.29, 0.717) is 17.3 Å². The number of hydrogen-bond donors (Lipinski definition) is 3. The fraction of sp³-hybridized carbons (Fsp3) is 0.231. The second-order valence-electron chi connectivity index (χ2n) is 8.41. The van der Waals surface area contributed by atoms with E-state index in [1.807, 2.05) is 25.1 Å². The Morgan fingerprint density at radius 1 is 1.08 bits per heavy atom. The fourth-order valence-electron chi connectivity index (χ4n) is 3.58. The molecule has 0 saturated carbocycles. The van der Waals surface area contributed by atoms with Crippen LogP contribution < -0.4 is 20.7 Å². The molecule has 0 fully saturated rings. The molecular weight excluding hydrogens is 494 g/mol. The number of rotatable bonds is 9.